The minimum absolute atomic E-state index is 0.0176. The first-order valence-electron chi connectivity index (χ1n) is 7.91. The van der Waals surface area contributed by atoms with Crippen molar-refractivity contribution in [3.05, 3.63) is 44.3 Å². The van der Waals surface area contributed by atoms with Crippen molar-refractivity contribution in [2.45, 2.75) is 18.3 Å². The largest absolute Gasteiger partial charge is 0.344 e. The van der Waals surface area contributed by atoms with E-state index in [1.807, 2.05) is 12.1 Å². The average molecular weight is 396 g/mol. The molecule has 0 bridgehead atoms. The number of amides is 2. The van der Waals surface area contributed by atoms with Gasteiger partial charge in [-0.2, -0.15) is 0 Å². The van der Waals surface area contributed by atoms with E-state index in [4.69, 9.17) is 23.2 Å². The summed E-state index contributed by atoms with van der Waals surface area (Å²) in [4.78, 5) is 31.8. The number of likely N-dealkylation sites (tertiary alicyclic amines) is 1. The summed E-state index contributed by atoms with van der Waals surface area (Å²) in [6.07, 6.45) is 3.48. The van der Waals surface area contributed by atoms with Gasteiger partial charge >= 0.3 is 0 Å². The predicted octanol–water partition coefficient (Wildman–Crippen LogP) is 3.14. The van der Waals surface area contributed by atoms with E-state index in [1.165, 1.54) is 11.3 Å². The van der Waals surface area contributed by atoms with Gasteiger partial charge in [-0.15, -0.1) is 11.3 Å². The van der Waals surface area contributed by atoms with Crippen LogP contribution < -0.4 is 4.90 Å². The Hall–Kier alpha value is -1.63. The van der Waals surface area contributed by atoms with Crippen LogP contribution in [0.1, 0.15) is 17.0 Å². The highest BCUT2D eigenvalue weighted by molar-refractivity contribution is 7.15. The maximum atomic E-state index is 12.9. The SMILES string of the molecule is O=CN1CC[C@@]2(C1)CN(C(=O)Cc1ncc(Cl)s1)c1ccc(Cl)cc12. The second-order valence-electron chi connectivity index (χ2n) is 6.48. The number of nitrogens with zero attached hydrogens (tertiary/aromatic N) is 3. The van der Waals surface area contributed by atoms with Crippen molar-refractivity contribution in [3.8, 4) is 0 Å². The third-order valence-electron chi connectivity index (χ3n) is 4.94. The molecule has 1 saturated heterocycles. The van der Waals surface area contributed by atoms with Crippen LogP contribution in [0.3, 0.4) is 0 Å². The molecule has 1 fully saturated rings. The number of hydrogen-bond donors (Lipinski definition) is 0. The maximum absolute atomic E-state index is 12.9. The van der Waals surface area contributed by atoms with Crippen molar-refractivity contribution in [2.24, 2.45) is 0 Å². The van der Waals surface area contributed by atoms with Crippen molar-refractivity contribution >= 4 is 52.5 Å². The average Bonchev–Trinajstić information content (AvgIpc) is 3.27. The standard InChI is InChI=1S/C17H15Cl2N3O2S/c18-11-1-2-13-12(5-11)17(3-4-21(8-17)10-23)9-22(13)16(24)6-15-20-7-14(19)25-15/h1-2,5,7,10H,3-4,6,8-9H2/t17-/m1/s1. The van der Waals surface area contributed by atoms with Gasteiger partial charge < -0.3 is 9.80 Å². The molecule has 4 rings (SSSR count). The van der Waals surface area contributed by atoms with Crippen LogP contribution >= 0.6 is 34.5 Å². The first kappa shape index (κ1) is 16.8. The van der Waals surface area contributed by atoms with Gasteiger partial charge in [0.15, 0.2) is 0 Å². The predicted molar refractivity (Wildman–Crippen MR) is 98.6 cm³/mol. The van der Waals surface area contributed by atoms with E-state index in [-0.39, 0.29) is 17.7 Å². The number of benzene rings is 1. The second kappa shape index (κ2) is 6.27. The topological polar surface area (TPSA) is 53.5 Å². The van der Waals surface area contributed by atoms with E-state index in [2.05, 4.69) is 4.98 Å². The Morgan fingerprint density at radius 3 is 2.88 bits per heavy atom. The van der Waals surface area contributed by atoms with Crippen molar-refractivity contribution < 1.29 is 9.59 Å². The number of fused-ring (bicyclic) bond motifs is 2. The molecule has 0 N–H and O–H groups in total. The van der Waals surface area contributed by atoms with Crippen molar-refractivity contribution in [1.29, 1.82) is 0 Å². The molecule has 5 nitrogen and oxygen atoms in total. The fourth-order valence-electron chi connectivity index (χ4n) is 3.80. The van der Waals surface area contributed by atoms with E-state index in [1.54, 1.807) is 22.1 Å². The molecule has 0 saturated carbocycles. The van der Waals surface area contributed by atoms with E-state index < -0.39 is 0 Å². The molecule has 8 heteroatoms. The van der Waals surface area contributed by atoms with Crippen LogP contribution in [0.25, 0.3) is 0 Å². The molecule has 3 heterocycles. The Morgan fingerprint density at radius 2 is 2.20 bits per heavy atom. The summed E-state index contributed by atoms with van der Waals surface area (Å²) in [5.74, 6) is -0.0176. The third-order valence-corrected chi connectivity index (χ3v) is 6.29. The Bertz CT molecular complexity index is 856. The fraction of sp³-hybridized carbons (Fsp3) is 0.353. The van der Waals surface area contributed by atoms with Crippen LogP contribution in [0.4, 0.5) is 5.69 Å². The van der Waals surface area contributed by atoms with E-state index >= 15 is 0 Å². The molecule has 1 spiro atoms. The Balaban J connectivity index is 1.66. The van der Waals surface area contributed by atoms with Gasteiger partial charge in [0.1, 0.15) is 9.34 Å². The summed E-state index contributed by atoms with van der Waals surface area (Å²) in [7, 11) is 0. The summed E-state index contributed by atoms with van der Waals surface area (Å²) in [5, 5.41) is 1.34. The molecule has 0 radical (unpaired) electrons. The highest BCUT2D eigenvalue weighted by atomic mass is 35.5. The molecule has 2 aliphatic heterocycles. The number of halogens is 2. The molecule has 25 heavy (non-hydrogen) atoms. The van der Waals surface area contributed by atoms with E-state index in [0.29, 0.717) is 34.0 Å². The summed E-state index contributed by atoms with van der Waals surface area (Å²) >= 11 is 13.4. The van der Waals surface area contributed by atoms with Crippen LogP contribution in [-0.2, 0) is 21.4 Å². The Labute approximate surface area is 159 Å². The molecule has 1 atom stereocenters. The molecule has 1 aromatic carbocycles. The molecule has 0 aliphatic carbocycles. The quantitative estimate of drug-likeness (QED) is 0.750. The summed E-state index contributed by atoms with van der Waals surface area (Å²) in [6.45, 7) is 1.86. The van der Waals surface area contributed by atoms with Gasteiger partial charge in [0, 0.05) is 35.8 Å². The van der Waals surface area contributed by atoms with Gasteiger partial charge in [-0.3, -0.25) is 9.59 Å². The normalized spacial score (nSPS) is 21.8. The minimum Gasteiger partial charge on any atom is -0.344 e. The Kier molecular flexibility index (Phi) is 4.22. The summed E-state index contributed by atoms with van der Waals surface area (Å²) in [5.41, 5.74) is 1.69. The molecule has 0 unspecified atom stereocenters. The maximum Gasteiger partial charge on any atom is 0.233 e. The van der Waals surface area contributed by atoms with Crippen LogP contribution in [0, 0.1) is 0 Å². The minimum atomic E-state index is -0.239. The van der Waals surface area contributed by atoms with Crippen LogP contribution in [0.2, 0.25) is 9.36 Å². The van der Waals surface area contributed by atoms with Gasteiger partial charge in [0.05, 0.1) is 12.6 Å². The van der Waals surface area contributed by atoms with E-state index in [0.717, 1.165) is 24.1 Å². The Morgan fingerprint density at radius 1 is 1.36 bits per heavy atom. The third kappa shape index (κ3) is 2.92. The zero-order valence-electron chi connectivity index (χ0n) is 13.2. The molecule has 2 aromatic rings. The number of aromatic nitrogens is 1. The summed E-state index contributed by atoms with van der Waals surface area (Å²) in [6, 6.07) is 5.62. The molecule has 2 aliphatic rings. The molecular formula is C17H15Cl2N3O2S. The summed E-state index contributed by atoms with van der Waals surface area (Å²) < 4.78 is 0.574. The van der Waals surface area contributed by atoms with Crippen molar-refractivity contribution in [1.82, 2.24) is 9.88 Å². The number of carbonyl (C=O) groups excluding carboxylic acids is 2. The molecule has 130 valence electrons. The number of carbonyl (C=O) groups is 2. The monoisotopic (exact) mass is 395 g/mol. The van der Waals surface area contributed by atoms with E-state index in [9.17, 15) is 9.59 Å². The molecular weight excluding hydrogens is 381 g/mol. The lowest BCUT2D eigenvalue weighted by Gasteiger charge is -2.24. The number of rotatable bonds is 3. The van der Waals surface area contributed by atoms with Crippen LogP contribution in [0.5, 0.6) is 0 Å². The van der Waals surface area contributed by atoms with Gasteiger partial charge in [-0.05, 0) is 30.2 Å². The van der Waals surface area contributed by atoms with Gasteiger partial charge in [0.25, 0.3) is 0 Å². The number of thiazole rings is 1. The first-order valence-corrected chi connectivity index (χ1v) is 9.48. The fourth-order valence-corrected chi connectivity index (χ4v) is 4.92. The molecule has 2 amide bonds. The molecule has 1 aromatic heterocycles. The lowest BCUT2D eigenvalue weighted by atomic mass is 9.81. The van der Waals surface area contributed by atoms with Gasteiger partial charge in [-0.1, -0.05) is 23.2 Å². The first-order chi connectivity index (χ1) is 12.0. The van der Waals surface area contributed by atoms with Crippen molar-refractivity contribution in [3.63, 3.8) is 0 Å². The van der Waals surface area contributed by atoms with Crippen molar-refractivity contribution in [2.75, 3.05) is 24.5 Å². The zero-order valence-corrected chi connectivity index (χ0v) is 15.6. The van der Waals surface area contributed by atoms with Gasteiger partial charge in [0.2, 0.25) is 12.3 Å². The zero-order chi connectivity index (χ0) is 17.6. The number of anilines is 1. The highest BCUT2D eigenvalue weighted by Gasteiger charge is 2.48. The number of hydrogen-bond acceptors (Lipinski definition) is 4. The lowest BCUT2D eigenvalue weighted by molar-refractivity contribution is -0.118. The second-order valence-corrected chi connectivity index (χ2v) is 8.67. The highest BCUT2D eigenvalue weighted by Crippen LogP contribution is 2.47. The van der Waals surface area contributed by atoms with Gasteiger partial charge in [-0.25, -0.2) is 4.98 Å². The smallest absolute Gasteiger partial charge is 0.233 e. The van der Waals surface area contributed by atoms with Crippen LogP contribution in [-0.4, -0.2) is 41.8 Å². The van der Waals surface area contributed by atoms with Crippen LogP contribution in [0.15, 0.2) is 24.4 Å². The lowest BCUT2D eigenvalue weighted by Crippen LogP contribution is -2.39.